The third-order valence-electron chi connectivity index (χ3n) is 2.57. The van der Waals surface area contributed by atoms with Crippen LogP contribution in [0.2, 0.25) is 5.02 Å². The summed E-state index contributed by atoms with van der Waals surface area (Å²) in [5, 5.41) is -0.0535. The molecule has 0 aliphatic rings. The highest BCUT2D eigenvalue weighted by atomic mass is 35.5. The molecule has 19 heavy (non-hydrogen) atoms. The lowest BCUT2D eigenvalue weighted by Crippen LogP contribution is -2.30. The van der Waals surface area contributed by atoms with E-state index in [2.05, 4.69) is 9.97 Å². The predicted octanol–water partition coefficient (Wildman–Crippen LogP) is 1.52. The van der Waals surface area contributed by atoms with Crippen molar-refractivity contribution in [2.45, 2.75) is 32.7 Å². The van der Waals surface area contributed by atoms with Gasteiger partial charge in [-0.15, -0.1) is 0 Å². The van der Waals surface area contributed by atoms with Gasteiger partial charge in [0.2, 0.25) is 5.89 Å². The van der Waals surface area contributed by atoms with Crippen molar-refractivity contribution in [3.63, 3.8) is 0 Å². The number of aromatic amines is 1. The summed E-state index contributed by atoms with van der Waals surface area (Å²) in [5.74, 6) is 1.11. The van der Waals surface area contributed by atoms with Gasteiger partial charge in [-0.05, 0) is 0 Å². The fraction of sp³-hybridized carbons (Fsp3) is 0.417. The van der Waals surface area contributed by atoms with Gasteiger partial charge in [0.15, 0.2) is 0 Å². The van der Waals surface area contributed by atoms with Crippen LogP contribution in [0.25, 0.3) is 0 Å². The van der Waals surface area contributed by atoms with E-state index in [1.165, 1.54) is 10.8 Å². The molecular formula is C12H14ClN3O3. The number of halogens is 1. The van der Waals surface area contributed by atoms with E-state index in [0.29, 0.717) is 5.89 Å². The first kappa shape index (κ1) is 13.6. The second kappa shape index (κ2) is 4.70. The molecule has 102 valence electrons. The molecule has 0 aromatic carbocycles. The molecule has 0 atom stereocenters. The maximum absolute atomic E-state index is 11.6. The molecule has 6 nitrogen and oxygen atoms in total. The Morgan fingerprint density at radius 3 is 2.68 bits per heavy atom. The molecule has 0 radical (unpaired) electrons. The summed E-state index contributed by atoms with van der Waals surface area (Å²) < 4.78 is 6.81. The zero-order valence-corrected chi connectivity index (χ0v) is 11.6. The molecule has 1 N–H and O–H groups in total. The summed E-state index contributed by atoms with van der Waals surface area (Å²) in [6.07, 6.45) is 2.90. The molecule has 0 bridgehead atoms. The highest BCUT2D eigenvalue weighted by Gasteiger charge is 2.19. The van der Waals surface area contributed by atoms with Crippen LogP contribution in [0.5, 0.6) is 0 Å². The summed E-state index contributed by atoms with van der Waals surface area (Å²) in [6.45, 7) is 6.12. The average molecular weight is 284 g/mol. The molecule has 2 aromatic rings. The van der Waals surface area contributed by atoms with E-state index in [1.807, 2.05) is 20.8 Å². The standard InChI is InChI=1S/C12H14ClN3O3/c1-12(2,3)8-4-14-9(19-8)6-16-5-7(13)10(17)15-11(16)18/h4-5H,6H2,1-3H3,(H,15,17,18). The van der Waals surface area contributed by atoms with Crippen LogP contribution in [0.4, 0.5) is 0 Å². The minimum Gasteiger partial charge on any atom is -0.443 e. The largest absolute Gasteiger partial charge is 0.443 e. The van der Waals surface area contributed by atoms with E-state index in [0.717, 1.165) is 5.76 Å². The van der Waals surface area contributed by atoms with Crippen LogP contribution in [0.15, 0.2) is 26.4 Å². The van der Waals surface area contributed by atoms with Gasteiger partial charge in [-0.25, -0.2) is 9.78 Å². The van der Waals surface area contributed by atoms with E-state index in [9.17, 15) is 9.59 Å². The van der Waals surface area contributed by atoms with Crippen LogP contribution in [-0.2, 0) is 12.0 Å². The smallest absolute Gasteiger partial charge is 0.328 e. The molecule has 0 saturated carbocycles. The van der Waals surface area contributed by atoms with Crippen molar-refractivity contribution in [1.82, 2.24) is 14.5 Å². The van der Waals surface area contributed by atoms with Gasteiger partial charge in [-0.2, -0.15) is 0 Å². The van der Waals surface area contributed by atoms with Crippen LogP contribution < -0.4 is 11.2 Å². The van der Waals surface area contributed by atoms with Gasteiger partial charge in [0.05, 0.1) is 6.20 Å². The number of aromatic nitrogens is 3. The highest BCUT2D eigenvalue weighted by molar-refractivity contribution is 6.30. The maximum Gasteiger partial charge on any atom is 0.328 e. The van der Waals surface area contributed by atoms with E-state index in [1.54, 1.807) is 6.20 Å². The number of H-pyrrole nitrogens is 1. The summed E-state index contributed by atoms with van der Waals surface area (Å²) in [5.41, 5.74) is -1.31. The minimum absolute atomic E-state index is 0.0535. The minimum atomic E-state index is -0.606. The third-order valence-corrected chi connectivity index (χ3v) is 2.84. The van der Waals surface area contributed by atoms with Crippen LogP contribution in [0.3, 0.4) is 0 Å². The Morgan fingerprint density at radius 2 is 2.11 bits per heavy atom. The number of nitrogens with zero attached hydrogens (tertiary/aromatic N) is 2. The predicted molar refractivity (Wildman–Crippen MR) is 70.6 cm³/mol. The van der Waals surface area contributed by atoms with Gasteiger partial charge in [0.1, 0.15) is 17.3 Å². The molecule has 2 aromatic heterocycles. The number of oxazole rings is 1. The normalized spacial score (nSPS) is 11.8. The lowest BCUT2D eigenvalue weighted by atomic mass is 9.94. The zero-order chi connectivity index (χ0) is 14.2. The van der Waals surface area contributed by atoms with Crippen LogP contribution in [0, 0.1) is 0 Å². The number of hydrogen-bond donors (Lipinski definition) is 1. The first-order valence-corrected chi connectivity index (χ1v) is 6.09. The molecule has 2 rings (SSSR count). The van der Waals surface area contributed by atoms with Crippen molar-refractivity contribution in [2.75, 3.05) is 0 Å². The van der Waals surface area contributed by atoms with Gasteiger partial charge in [-0.3, -0.25) is 14.3 Å². The summed E-state index contributed by atoms with van der Waals surface area (Å²) in [4.78, 5) is 28.9. The Bertz CT molecular complexity index is 706. The highest BCUT2D eigenvalue weighted by Crippen LogP contribution is 2.22. The van der Waals surface area contributed by atoms with Crippen molar-refractivity contribution in [1.29, 1.82) is 0 Å². The Balaban J connectivity index is 2.32. The van der Waals surface area contributed by atoms with Crippen molar-refractivity contribution in [2.24, 2.45) is 0 Å². The topological polar surface area (TPSA) is 80.9 Å². The number of hydrogen-bond acceptors (Lipinski definition) is 4. The fourth-order valence-electron chi connectivity index (χ4n) is 1.48. The third kappa shape index (κ3) is 2.96. The molecule has 0 fully saturated rings. The van der Waals surface area contributed by atoms with E-state index < -0.39 is 11.2 Å². The molecule has 0 unspecified atom stereocenters. The molecule has 0 amide bonds. The van der Waals surface area contributed by atoms with Gasteiger partial charge >= 0.3 is 5.69 Å². The Morgan fingerprint density at radius 1 is 1.42 bits per heavy atom. The van der Waals surface area contributed by atoms with E-state index >= 15 is 0 Å². The molecule has 0 aliphatic heterocycles. The van der Waals surface area contributed by atoms with Gasteiger partial charge < -0.3 is 4.42 Å². The second-order valence-electron chi connectivity index (χ2n) is 5.23. The summed E-state index contributed by atoms with van der Waals surface area (Å²) >= 11 is 5.68. The average Bonchev–Trinajstić information content (AvgIpc) is 2.74. The van der Waals surface area contributed by atoms with E-state index in [-0.39, 0.29) is 17.0 Å². The quantitative estimate of drug-likeness (QED) is 0.906. The van der Waals surface area contributed by atoms with Crippen LogP contribution >= 0.6 is 11.6 Å². The zero-order valence-electron chi connectivity index (χ0n) is 10.9. The van der Waals surface area contributed by atoms with Crippen molar-refractivity contribution >= 4 is 11.6 Å². The lowest BCUT2D eigenvalue weighted by Gasteiger charge is -2.13. The molecular weight excluding hydrogens is 270 g/mol. The first-order chi connectivity index (χ1) is 8.77. The molecule has 0 aliphatic carbocycles. The molecule has 0 spiro atoms. The summed E-state index contributed by atoms with van der Waals surface area (Å²) in [7, 11) is 0. The maximum atomic E-state index is 11.6. The molecule has 2 heterocycles. The second-order valence-corrected chi connectivity index (χ2v) is 5.64. The fourth-order valence-corrected chi connectivity index (χ4v) is 1.64. The SMILES string of the molecule is CC(C)(C)c1cnc(Cn2cc(Cl)c(=O)[nH]c2=O)o1. The van der Waals surface area contributed by atoms with Crippen molar-refractivity contribution in [3.8, 4) is 0 Å². The van der Waals surface area contributed by atoms with Crippen molar-refractivity contribution < 1.29 is 4.42 Å². The molecule has 7 heteroatoms. The van der Waals surface area contributed by atoms with Crippen LogP contribution in [-0.4, -0.2) is 14.5 Å². The first-order valence-electron chi connectivity index (χ1n) is 5.72. The molecule has 0 saturated heterocycles. The summed E-state index contributed by atoms with van der Waals surface area (Å²) in [6, 6.07) is 0. The van der Waals surface area contributed by atoms with Gasteiger partial charge in [0.25, 0.3) is 5.56 Å². The Labute approximate surface area is 114 Å². The lowest BCUT2D eigenvalue weighted by molar-refractivity contribution is 0.375. The Hall–Kier alpha value is -1.82. The monoisotopic (exact) mass is 283 g/mol. The van der Waals surface area contributed by atoms with Crippen LogP contribution in [0.1, 0.15) is 32.4 Å². The van der Waals surface area contributed by atoms with Gasteiger partial charge in [0, 0.05) is 11.6 Å². The number of nitrogens with one attached hydrogen (secondary N) is 1. The van der Waals surface area contributed by atoms with Gasteiger partial charge in [-0.1, -0.05) is 32.4 Å². The number of rotatable bonds is 2. The van der Waals surface area contributed by atoms with Crippen molar-refractivity contribution in [3.05, 3.63) is 49.9 Å². The van der Waals surface area contributed by atoms with E-state index in [4.69, 9.17) is 16.0 Å². The Kier molecular flexibility index (Phi) is 3.36.